The number of carbonyl (C=O) groups excluding carboxylic acids is 1. The highest BCUT2D eigenvalue weighted by molar-refractivity contribution is 6.42. The van der Waals surface area contributed by atoms with Gasteiger partial charge in [0.2, 0.25) is 12.2 Å². The Labute approximate surface area is 153 Å². The van der Waals surface area contributed by atoms with Crippen molar-refractivity contribution in [2.75, 3.05) is 6.54 Å². The standard InChI is InChI=1S/C17H12Cl3NO3/c18-11-2-4-12(5-3-11)23-16-9-21-15(22)8-17(21,24-16)10-1-6-13(19)14(20)7-10/h1-7,16H,8-9H2. The predicted octanol–water partition coefficient (Wildman–Crippen LogP) is 4.47. The van der Waals surface area contributed by atoms with Crippen molar-refractivity contribution in [3.05, 3.63) is 63.1 Å². The molecule has 4 rings (SSSR count). The van der Waals surface area contributed by atoms with Crippen LogP contribution in [-0.4, -0.2) is 23.6 Å². The fourth-order valence-corrected chi connectivity index (χ4v) is 3.48. The van der Waals surface area contributed by atoms with E-state index in [1.807, 2.05) is 6.07 Å². The Morgan fingerprint density at radius 1 is 1.08 bits per heavy atom. The van der Waals surface area contributed by atoms with Gasteiger partial charge in [0.05, 0.1) is 23.0 Å². The van der Waals surface area contributed by atoms with E-state index in [0.717, 1.165) is 5.56 Å². The number of nitrogens with zero attached hydrogens (tertiary/aromatic N) is 1. The summed E-state index contributed by atoms with van der Waals surface area (Å²) in [6.45, 7) is 0.349. The maximum atomic E-state index is 12.0. The van der Waals surface area contributed by atoms with E-state index in [2.05, 4.69) is 0 Å². The number of hydrogen-bond donors (Lipinski definition) is 0. The topological polar surface area (TPSA) is 38.8 Å². The minimum atomic E-state index is -0.831. The summed E-state index contributed by atoms with van der Waals surface area (Å²) in [5.41, 5.74) is -0.0405. The third-order valence-electron chi connectivity index (χ3n) is 4.24. The molecule has 2 saturated heterocycles. The summed E-state index contributed by atoms with van der Waals surface area (Å²) in [6.07, 6.45) is -0.307. The summed E-state index contributed by atoms with van der Waals surface area (Å²) in [7, 11) is 0. The molecule has 0 saturated carbocycles. The van der Waals surface area contributed by atoms with Crippen molar-refractivity contribution in [3.8, 4) is 5.75 Å². The molecule has 2 aromatic carbocycles. The van der Waals surface area contributed by atoms with Gasteiger partial charge in [0.25, 0.3) is 0 Å². The Morgan fingerprint density at radius 3 is 2.50 bits per heavy atom. The zero-order valence-corrected chi connectivity index (χ0v) is 14.6. The average molecular weight is 385 g/mol. The molecule has 2 aromatic rings. The van der Waals surface area contributed by atoms with Gasteiger partial charge in [-0.3, -0.25) is 4.79 Å². The number of ether oxygens (including phenoxy) is 2. The molecular formula is C17H12Cl3NO3. The maximum Gasteiger partial charge on any atom is 0.230 e. The van der Waals surface area contributed by atoms with Crippen LogP contribution in [0.4, 0.5) is 0 Å². The van der Waals surface area contributed by atoms with E-state index in [1.54, 1.807) is 41.3 Å². The lowest BCUT2D eigenvalue weighted by Crippen LogP contribution is -2.57. The van der Waals surface area contributed by atoms with E-state index in [9.17, 15) is 4.79 Å². The van der Waals surface area contributed by atoms with Crippen LogP contribution in [0.15, 0.2) is 42.5 Å². The summed E-state index contributed by atoms with van der Waals surface area (Å²) >= 11 is 18.0. The van der Waals surface area contributed by atoms with Crippen molar-refractivity contribution in [3.63, 3.8) is 0 Å². The second-order valence-corrected chi connectivity index (χ2v) is 6.96. The molecule has 2 fully saturated rings. The first-order valence-electron chi connectivity index (χ1n) is 7.34. The van der Waals surface area contributed by atoms with E-state index in [0.29, 0.717) is 27.4 Å². The normalized spacial score (nSPS) is 25.4. The summed E-state index contributed by atoms with van der Waals surface area (Å²) in [4.78, 5) is 13.7. The van der Waals surface area contributed by atoms with Gasteiger partial charge in [-0.1, -0.05) is 40.9 Å². The first-order chi connectivity index (χ1) is 11.5. The highest BCUT2D eigenvalue weighted by Gasteiger charge is 2.60. The van der Waals surface area contributed by atoms with E-state index < -0.39 is 12.0 Å². The van der Waals surface area contributed by atoms with Crippen LogP contribution in [0.3, 0.4) is 0 Å². The average Bonchev–Trinajstić information content (AvgIpc) is 2.85. The lowest BCUT2D eigenvalue weighted by molar-refractivity contribution is -0.207. The van der Waals surface area contributed by atoms with Gasteiger partial charge in [0.15, 0.2) is 5.72 Å². The number of β-lactam (4-membered cyclic amide) rings is 1. The van der Waals surface area contributed by atoms with Crippen molar-refractivity contribution in [2.45, 2.75) is 18.4 Å². The minimum Gasteiger partial charge on any atom is -0.463 e. The molecule has 7 heteroatoms. The maximum absolute atomic E-state index is 12.0. The number of benzene rings is 2. The predicted molar refractivity (Wildman–Crippen MR) is 91.4 cm³/mol. The van der Waals surface area contributed by atoms with Gasteiger partial charge in [-0.25, -0.2) is 0 Å². The minimum absolute atomic E-state index is 0.0169. The fraction of sp³-hybridized carbons (Fsp3) is 0.235. The van der Waals surface area contributed by atoms with Crippen LogP contribution in [0.2, 0.25) is 15.1 Å². The van der Waals surface area contributed by atoms with Gasteiger partial charge in [0.1, 0.15) is 5.75 Å². The first-order valence-corrected chi connectivity index (χ1v) is 8.47. The second kappa shape index (κ2) is 5.81. The number of fused-ring (bicyclic) bond motifs is 1. The van der Waals surface area contributed by atoms with Crippen LogP contribution in [-0.2, 0) is 15.3 Å². The van der Waals surface area contributed by atoms with E-state index in [4.69, 9.17) is 44.3 Å². The Morgan fingerprint density at radius 2 is 1.83 bits per heavy atom. The summed E-state index contributed by atoms with van der Waals surface area (Å²) in [6, 6.07) is 12.2. The van der Waals surface area contributed by atoms with Gasteiger partial charge in [-0.15, -0.1) is 0 Å². The Balaban J connectivity index is 1.59. The van der Waals surface area contributed by atoms with Crippen molar-refractivity contribution in [1.82, 2.24) is 4.90 Å². The molecule has 0 N–H and O–H groups in total. The second-order valence-electron chi connectivity index (χ2n) is 5.71. The van der Waals surface area contributed by atoms with E-state index >= 15 is 0 Å². The molecule has 2 unspecified atom stereocenters. The summed E-state index contributed by atoms with van der Waals surface area (Å²) in [5, 5.41) is 1.51. The molecule has 2 aliphatic heterocycles. The fourth-order valence-electron chi connectivity index (χ4n) is 3.06. The van der Waals surface area contributed by atoms with E-state index in [1.165, 1.54) is 0 Å². The third-order valence-corrected chi connectivity index (χ3v) is 5.23. The zero-order valence-electron chi connectivity index (χ0n) is 12.3. The molecule has 4 nitrogen and oxygen atoms in total. The smallest absolute Gasteiger partial charge is 0.230 e. The molecule has 1 amide bonds. The summed E-state index contributed by atoms with van der Waals surface area (Å²) < 4.78 is 11.9. The molecule has 0 aliphatic carbocycles. The van der Waals surface area contributed by atoms with Crippen molar-refractivity contribution < 1.29 is 14.3 Å². The monoisotopic (exact) mass is 383 g/mol. The number of amides is 1. The molecule has 0 aromatic heterocycles. The quantitative estimate of drug-likeness (QED) is 0.733. The van der Waals surface area contributed by atoms with Gasteiger partial charge in [-0.2, -0.15) is 0 Å². The first kappa shape index (κ1) is 16.0. The third kappa shape index (κ3) is 2.54. The molecule has 2 heterocycles. The van der Waals surface area contributed by atoms with Crippen LogP contribution in [0.25, 0.3) is 0 Å². The lowest BCUT2D eigenvalue weighted by Gasteiger charge is -2.45. The largest absolute Gasteiger partial charge is 0.463 e. The highest BCUT2D eigenvalue weighted by atomic mass is 35.5. The molecule has 124 valence electrons. The molecule has 0 spiro atoms. The van der Waals surface area contributed by atoms with Crippen molar-refractivity contribution in [1.29, 1.82) is 0 Å². The van der Waals surface area contributed by atoms with E-state index in [-0.39, 0.29) is 12.3 Å². The van der Waals surface area contributed by atoms with Crippen LogP contribution >= 0.6 is 34.8 Å². The number of hydrogen-bond acceptors (Lipinski definition) is 3. The van der Waals surface area contributed by atoms with Crippen LogP contribution < -0.4 is 4.74 Å². The number of halogens is 3. The molecule has 2 aliphatic rings. The Hall–Kier alpha value is -1.46. The lowest BCUT2D eigenvalue weighted by atomic mass is 9.90. The van der Waals surface area contributed by atoms with Crippen LogP contribution in [0.5, 0.6) is 5.75 Å². The SMILES string of the molecule is O=C1CC2(c3ccc(Cl)c(Cl)c3)OC(Oc3ccc(Cl)cc3)CN12. The highest BCUT2D eigenvalue weighted by Crippen LogP contribution is 2.49. The Kier molecular flexibility index (Phi) is 3.88. The van der Waals surface area contributed by atoms with Crippen LogP contribution in [0.1, 0.15) is 12.0 Å². The van der Waals surface area contributed by atoms with Gasteiger partial charge >= 0.3 is 0 Å². The molecular weight excluding hydrogens is 373 g/mol. The molecule has 0 bridgehead atoms. The zero-order chi connectivity index (χ0) is 16.9. The molecule has 2 atom stereocenters. The number of carbonyl (C=O) groups is 1. The van der Waals surface area contributed by atoms with Crippen molar-refractivity contribution in [2.24, 2.45) is 0 Å². The number of rotatable bonds is 3. The van der Waals surface area contributed by atoms with Gasteiger partial charge in [-0.05, 0) is 36.4 Å². The summed E-state index contributed by atoms with van der Waals surface area (Å²) in [5.74, 6) is 0.645. The van der Waals surface area contributed by atoms with Crippen LogP contribution in [0, 0.1) is 0 Å². The Bertz CT molecular complexity index is 811. The van der Waals surface area contributed by atoms with Crippen molar-refractivity contribution >= 4 is 40.7 Å². The van der Waals surface area contributed by atoms with Gasteiger partial charge < -0.3 is 14.4 Å². The molecule has 0 radical (unpaired) electrons. The molecule has 24 heavy (non-hydrogen) atoms. The van der Waals surface area contributed by atoms with Gasteiger partial charge in [0, 0.05) is 10.6 Å².